The van der Waals surface area contributed by atoms with Crippen molar-refractivity contribution >= 4 is 0 Å². The van der Waals surface area contributed by atoms with E-state index in [0.717, 1.165) is 0 Å². The van der Waals surface area contributed by atoms with E-state index >= 15 is 0 Å². The van der Waals surface area contributed by atoms with Gasteiger partial charge in [0, 0.05) is 11.1 Å². The zero-order chi connectivity index (χ0) is 16.4. The monoisotopic (exact) mass is 320 g/mol. The second-order valence-electron chi connectivity index (χ2n) is 4.76. The lowest BCUT2D eigenvalue weighted by atomic mass is 10.0. The number of hydrogen-bond acceptors (Lipinski definition) is 3. The van der Waals surface area contributed by atoms with Gasteiger partial charge >= 0.3 is 6.36 Å². The van der Waals surface area contributed by atoms with E-state index in [9.17, 15) is 13.2 Å². The van der Waals surface area contributed by atoms with Crippen molar-refractivity contribution in [3.8, 4) is 40.7 Å². The highest BCUT2D eigenvalue weighted by molar-refractivity contribution is 5.74. The molecule has 0 N–H and O–H groups in total. The average Bonchev–Trinajstić information content (AvgIpc) is 2.53. The molecule has 0 fully saturated rings. The molecule has 1 aliphatic heterocycles. The molecule has 0 atom stereocenters. The van der Waals surface area contributed by atoms with Crippen molar-refractivity contribution in [2.75, 3.05) is 13.2 Å². The molecule has 3 rings (SSSR count). The Bertz CT molecular complexity index is 776. The molecular weight excluding hydrogens is 309 g/mol. The quantitative estimate of drug-likeness (QED) is 0.783. The number of rotatable bonds is 2. The Hall–Kier alpha value is -2.81. The zero-order valence-corrected chi connectivity index (χ0v) is 11.8. The molecule has 3 nitrogen and oxygen atoms in total. The van der Waals surface area contributed by atoms with Gasteiger partial charge < -0.3 is 14.2 Å². The Balaban J connectivity index is 2.08. The van der Waals surface area contributed by atoms with Gasteiger partial charge in [-0.3, -0.25) is 0 Å². The molecule has 2 aromatic carbocycles. The summed E-state index contributed by atoms with van der Waals surface area (Å²) in [5.74, 6) is 3.09. The second kappa shape index (κ2) is 5.76. The lowest BCUT2D eigenvalue weighted by Crippen LogP contribution is -2.17. The first kappa shape index (κ1) is 15.1. The molecule has 0 unspecified atom stereocenters. The largest absolute Gasteiger partial charge is 0.573 e. The third-order valence-corrected chi connectivity index (χ3v) is 3.23. The number of alkyl halides is 3. The van der Waals surface area contributed by atoms with Crippen molar-refractivity contribution in [3.63, 3.8) is 0 Å². The molecule has 118 valence electrons. The van der Waals surface area contributed by atoms with Gasteiger partial charge in [-0.25, -0.2) is 0 Å². The Morgan fingerprint density at radius 3 is 2.43 bits per heavy atom. The Labute approximate surface area is 130 Å². The first-order valence-corrected chi connectivity index (χ1v) is 6.73. The van der Waals surface area contributed by atoms with E-state index in [-0.39, 0.29) is 11.3 Å². The summed E-state index contributed by atoms with van der Waals surface area (Å²) < 4.78 is 52.7. The van der Waals surface area contributed by atoms with Gasteiger partial charge in [0.15, 0.2) is 11.5 Å². The van der Waals surface area contributed by atoms with Crippen molar-refractivity contribution < 1.29 is 27.4 Å². The maximum atomic E-state index is 12.6. The smallest absolute Gasteiger partial charge is 0.486 e. The van der Waals surface area contributed by atoms with Gasteiger partial charge in [0.2, 0.25) is 0 Å². The minimum atomic E-state index is -4.79. The summed E-state index contributed by atoms with van der Waals surface area (Å²) in [5, 5.41) is 0. The van der Waals surface area contributed by atoms with Gasteiger partial charge in [0.1, 0.15) is 19.0 Å². The average molecular weight is 320 g/mol. The molecule has 6 heteroatoms. The van der Waals surface area contributed by atoms with Crippen LogP contribution in [0.15, 0.2) is 36.4 Å². The molecule has 23 heavy (non-hydrogen) atoms. The van der Waals surface area contributed by atoms with Gasteiger partial charge in [-0.05, 0) is 35.9 Å². The van der Waals surface area contributed by atoms with E-state index in [4.69, 9.17) is 15.9 Å². The van der Waals surface area contributed by atoms with Crippen LogP contribution in [0.4, 0.5) is 13.2 Å². The zero-order valence-electron chi connectivity index (χ0n) is 11.8. The van der Waals surface area contributed by atoms with Crippen molar-refractivity contribution in [1.29, 1.82) is 0 Å². The van der Waals surface area contributed by atoms with Crippen molar-refractivity contribution in [3.05, 3.63) is 42.0 Å². The Kier molecular flexibility index (Phi) is 3.78. The number of hydrogen-bond donors (Lipinski definition) is 0. The fraction of sp³-hybridized carbons (Fsp3) is 0.176. The van der Waals surface area contributed by atoms with Gasteiger partial charge in [0.25, 0.3) is 0 Å². The number of terminal acetylenes is 1. The van der Waals surface area contributed by atoms with E-state index in [2.05, 4.69) is 10.7 Å². The highest BCUT2D eigenvalue weighted by Gasteiger charge is 2.32. The van der Waals surface area contributed by atoms with Crippen LogP contribution in [-0.4, -0.2) is 19.6 Å². The topological polar surface area (TPSA) is 27.7 Å². The molecule has 0 radical (unpaired) electrons. The lowest BCUT2D eigenvalue weighted by molar-refractivity contribution is -0.274. The summed E-state index contributed by atoms with van der Waals surface area (Å²) in [7, 11) is 0. The fourth-order valence-electron chi connectivity index (χ4n) is 2.27. The van der Waals surface area contributed by atoms with Crippen molar-refractivity contribution in [2.24, 2.45) is 0 Å². The standard InChI is InChI=1S/C17H11F3O3/c1-2-11-3-5-14(23-17(18,19)20)13(9-11)12-4-6-15-16(10-12)22-8-7-21-15/h1,3-6,9-10H,7-8H2. The SMILES string of the molecule is C#Cc1ccc(OC(F)(F)F)c(-c2ccc3c(c2)OCCO3)c1. The molecule has 0 saturated carbocycles. The summed E-state index contributed by atoms with van der Waals surface area (Å²) in [6.45, 7) is 0.814. The van der Waals surface area contributed by atoms with E-state index in [1.54, 1.807) is 18.2 Å². The minimum absolute atomic E-state index is 0.231. The first-order chi connectivity index (χ1) is 11.0. The molecule has 0 aliphatic carbocycles. The van der Waals surface area contributed by atoms with Crippen LogP contribution in [0.1, 0.15) is 5.56 Å². The van der Waals surface area contributed by atoms with Gasteiger partial charge in [-0.2, -0.15) is 0 Å². The number of ether oxygens (including phenoxy) is 3. The van der Waals surface area contributed by atoms with Crippen molar-refractivity contribution in [1.82, 2.24) is 0 Å². The van der Waals surface area contributed by atoms with Crippen LogP contribution in [0.2, 0.25) is 0 Å². The summed E-state index contributed by atoms with van der Waals surface area (Å²) in [4.78, 5) is 0. The van der Waals surface area contributed by atoms with Crippen LogP contribution < -0.4 is 14.2 Å². The molecular formula is C17H11F3O3. The summed E-state index contributed by atoms with van der Waals surface area (Å²) in [6.07, 6.45) is 0.536. The molecule has 0 spiro atoms. The number of fused-ring (bicyclic) bond motifs is 1. The highest BCUT2D eigenvalue weighted by Crippen LogP contribution is 2.39. The molecule has 1 heterocycles. The minimum Gasteiger partial charge on any atom is -0.486 e. The van der Waals surface area contributed by atoms with Gasteiger partial charge in [-0.1, -0.05) is 12.0 Å². The molecule has 0 amide bonds. The van der Waals surface area contributed by atoms with Crippen LogP contribution in [0.5, 0.6) is 17.2 Å². The van der Waals surface area contributed by atoms with E-state index in [1.807, 2.05) is 0 Å². The molecule has 0 bridgehead atoms. The lowest BCUT2D eigenvalue weighted by Gasteiger charge is -2.20. The van der Waals surface area contributed by atoms with Crippen molar-refractivity contribution in [2.45, 2.75) is 6.36 Å². The third kappa shape index (κ3) is 3.34. The van der Waals surface area contributed by atoms with E-state index in [1.165, 1.54) is 18.2 Å². The number of benzene rings is 2. The first-order valence-electron chi connectivity index (χ1n) is 6.73. The summed E-state index contributed by atoms with van der Waals surface area (Å²) in [6, 6.07) is 8.94. The molecule has 0 saturated heterocycles. The van der Waals surface area contributed by atoms with Gasteiger partial charge in [0.05, 0.1) is 0 Å². The Morgan fingerprint density at radius 1 is 1.00 bits per heavy atom. The fourth-order valence-corrected chi connectivity index (χ4v) is 2.27. The predicted molar refractivity (Wildman–Crippen MR) is 77.5 cm³/mol. The predicted octanol–water partition coefficient (Wildman–Crippen LogP) is 4.00. The highest BCUT2D eigenvalue weighted by atomic mass is 19.4. The van der Waals surface area contributed by atoms with E-state index in [0.29, 0.717) is 35.8 Å². The van der Waals surface area contributed by atoms with Crippen LogP contribution in [0.25, 0.3) is 11.1 Å². The van der Waals surface area contributed by atoms with Crippen LogP contribution in [0.3, 0.4) is 0 Å². The maximum Gasteiger partial charge on any atom is 0.573 e. The molecule has 0 aromatic heterocycles. The maximum absolute atomic E-state index is 12.6. The van der Waals surface area contributed by atoms with Crippen LogP contribution in [-0.2, 0) is 0 Å². The van der Waals surface area contributed by atoms with Crippen LogP contribution >= 0.6 is 0 Å². The van der Waals surface area contributed by atoms with Crippen LogP contribution in [0, 0.1) is 12.3 Å². The molecule has 1 aliphatic rings. The molecule has 2 aromatic rings. The second-order valence-corrected chi connectivity index (χ2v) is 4.76. The third-order valence-electron chi connectivity index (χ3n) is 3.23. The normalized spacial score (nSPS) is 13.3. The number of halogens is 3. The summed E-state index contributed by atoms with van der Waals surface area (Å²) >= 11 is 0. The Morgan fingerprint density at radius 2 is 1.74 bits per heavy atom. The van der Waals surface area contributed by atoms with E-state index < -0.39 is 6.36 Å². The summed E-state index contributed by atoms with van der Waals surface area (Å²) in [5.41, 5.74) is 1.17. The van der Waals surface area contributed by atoms with Gasteiger partial charge in [-0.15, -0.1) is 19.6 Å².